The number of carbonyl (C=O) groups is 1. The molecule has 0 saturated heterocycles. The molecule has 1 aromatic heterocycles. The molecule has 5 nitrogen and oxygen atoms in total. The third-order valence-electron chi connectivity index (χ3n) is 3.79. The van der Waals surface area contributed by atoms with E-state index in [1.807, 2.05) is 24.3 Å². The molecule has 2 aromatic rings. The molecule has 0 radical (unpaired) electrons. The Kier molecular flexibility index (Phi) is 3.29. The smallest absolute Gasteiger partial charge is 0.271 e. The molecule has 0 saturated carbocycles. The van der Waals surface area contributed by atoms with Crippen molar-refractivity contribution in [3.63, 3.8) is 0 Å². The van der Waals surface area contributed by atoms with Crippen molar-refractivity contribution in [2.45, 2.75) is 26.9 Å². The molecule has 2 heterocycles. The summed E-state index contributed by atoms with van der Waals surface area (Å²) in [5, 5.41) is 12.0. The number of aliphatic hydroxyl groups is 1. The SMILES string of the molecule is CC1(C)CNC(=O)c2nc(-c3ccc(CO)cc3)[nH]c2C1. The van der Waals surface area contributed by atoms with E-state index in [-0.39, 0.29) is 17.9 Å². The number of aliphatic hydroxyl groups excluding tert-OH is 1. The van der Waals surface area contributed by atoms with Crippen LogP contribution in [0.5, 0.6) is 0 Å². The van der Waals surface area contributed by atoms with Crippen LogP contribution < -0.4 is 5.32 Å². The molecular formula is C16H19N3O2. The van der Waals surface area contributed by atoms with Crippen LogP contribution in [0.15, 0.2) is 24.3 Å². The predicted molar refractivity (Wildman–Crippen MR) is 79.8 cm³/mol. The van der Waals surface area contributed by atoms with Gasteiger partial charge in [-0.15, -0.1) is 0 Å². The van der Waals surface area contributed by atoms with Gasteiger partial charge < -0.3 is 15.4 Å². The van der Waals surface area contributed by atoms with Gasteiger partial charge in [0.1, 0.15) is 11.5 Å². The first-order valence-electron chi connectivity index (χ1n) is 7.06. The van der Waals surface area contributed by atoms with Gasteiger partial charge in [-0.25, -0.2) is 4.98 Å². The van der Waals surface area contributed by atoms with E-state index < -0.39 is 0 Å². The molecule has 0 fully saturated rings. The van der Waals surface area contributed by atoms with Crippen LogP contribution in [-0.2, 0) is 13.0 Å². The van der Waals surface area contributed by atoms with E-state index in [0.29, 0.717) is 18.1 Å². The highest BCUT2D eigenvalue weighted by atomic mass is 16.3. The van der Waals surface area contributed by atoms with Crippen LogP contribution in [0.4, 0.5) is 0 Å². The standard InChI is InChI=1S/C16H19N3O2/c1-16(2)7-12-13(15(21)17-9-16)19-14(18-12)11-5-3-10(8-20)4-6-11/h3-6,20H,7-9H2,1-2H3,(H,17,21)(H,18,19). The Hall–Kier alpha value is -2.14. The number of nitrogens with zero attached hydrogens (tertiary/aromatic N) is 1. The highest BCUT2D eigenvalue weighted by Crippen LogP contribution is 2.27. The van der Waals surface area contributed by atoms with Crippen molar-refractivity contribution in [3.8, 4) is 11.4 Å². The molecule has 1 aliphatic rings. The minimum Gasteiger partial charge on any atom is -0.392 e. The number of H-pyrrole nitrogens is 1. The van der Waals surface area contributed by atoms with Crippen LogP contribution in [-0.4, -0.2) is 27.5 Å². The summed E-state index contributed by atoms with van der Waals surface area (Å²) < 4.78 is 0. The van der Waals surface area contributed by atoms with E-state index in [4.69, 9.17) is 5.11 Å². The van der Waals surface area contributed by atoms with E-state index in [0.717, 1.165) is 23.2 Å². The van der Waals surface area contributed by atoms with Crippen molar-refractivity contribution < 1.29 is 9.90 Å². The first kappa shape index (κ1) is 13.8. The van der Waals surface area contributed by atoms with Gasteiger partial charge in [-0.2, -0.15) is 0 Å². The van der Waals surface area contributed by atoms with Crippen molar-refractivity contribution in [3.05, 3.63) is 41.2 Å². The maximum absolute atomic E-state index is 12.1. The zero-order valence-corrected chi connectivity index (χ0v) is 12.2. The second-order valence-electron chi connectivity index (χ2n) is 6.29. The fraction of sp³-hybridized carbons (Fsp3) is 0.375. The number of aromatic amines is 1. The average molecular weight is 285 g/mol. The zero-order chi connectivity index (χ0) is 15.0. The minimum absolute atomic E-state index is 0.00542. The topological polar surface area (TPSA) is 78.0 Å². The average Bonchev–Trinajstić information content (AvgIpc) is 2.84. The Morgan fingerprint density at radius 1 is 1.29 bits per heavy atom. The quantitative estimate of drug-likeness (QED) is 0.788. The van der Waals surface area contributed by atoms with Crippen molar-refractivity contribution in [1.82, 2.24) is 15.3 Å². The first-order chi connectivity index (χ1) is 9.98. The maximum Gasteiger partial charge on any atom is 0.271 e. The zero-order valence-electron chi connectivity index (χ0n) is 12.2. The molecule has 0 bridgehead atoms. The summed E-state index contributed by atoms with van der Waals surface area (Å²) in [6.45, 7) is 4.92. The number of nitrogens with one attached hydrogen (secondary N) is 2. The van der Waals surface area contributed by atoms with Gasteiger partial charge in [0, 0.05) is 17.8 Å². The second kappa shape index (κ2) is 5.00. The van der Waals surface area contributed by atoms with Crippen molar-refractivity contribution in [2.24, 2.45) is 5.41 Å². The minimum atomic E-state index is -0.120. The van der Waals surface area contributed by atoms with Gasteiger partial charge >= 0.3 is 0 Å². The van der Waals surface area contributed by atoms with Crippen molar-refractivity contribution in [1.29, 1.82) is 0 Å². The summed E-state index contributed by atoms with van der Waals surface area (Å²) in [5.74, 6) is 0.572. The Bertz CT molecular complexity index is 671. The van der Waals surface area contributed by atoms with E-state index in [1.165, 1.54) is 0 Å². The fourth-order valence-corrected chi connectivity index (χ4v) is 2.57. The highest BCUT2D eigenvalue weighted by Gasteiger charge is 2.29. The van der Waals surface area contributed by atoms with Gasteiger partial charge in [-0.1, -0.05) is 38.1 Å². The molecule has 1 amide bonds. The summed E-state index contributed by atoms with van der Waals surface area (Å²) >= 11 is 0. The predicted octanol–water partition coefficient (Wildman–Crippen LogP) is 1.88. The number of imidazole rings is 1. The van der Waals surface area contributed by atoms with E-state index in [2.05, 4.69) is 29.1 Å². The third-order valence-corrected chi connectivity index (χ3v) is 3.79. The fourth-order valence-electron chi connectivity index (χ4n) is 2.57. The lowest BCUT2D eigenvalue weighted by Gasteiger charge is -2.21. The molecule has 0 aliphatic carbocycles. The number of benzene rings is 1. The number of carbonyl (C=O) groups excluding carboxylic acids is 1. The third kappa shape index (κ3) is 2.69. The molecule has 0 spiro atoms. The van der Waals surface area contributed by atoms with Gasteiger partial charge in [0.05, 0.1) is 6.61 Å². The molecule has 0 atom stereocenters. The molecule has 3 rings (SSSR count). The monoisotopic (exact) mass is 285 g/mol. The molecule has 1 aliphatic heterocycles. The van der Waals surface area contributed by atoms with Crippen LogP contribution in [0.2, 0.25) is 0 Å². The van der Waals surface area contributed by atoms with Gasteiger partial charge in [-0.3, -0.25) is 4.79 Å². The molecule has 110 valence electrons. The molecule has 0 unspecified atom stereocenters. The van der Waals surface area contributed by atoms with E-state index >= 15 is 0 Å². The van der Waals surface area contributed by atoms with Gasteiger partial charge in [0.15, 0.2) is 0 Å². The van der Waals surface area contributed by atoms with Gasteiger partial charge in [0.25, 0.3) is 5.91 Å². The maximum atomic E-state index is 12.1. The Labute approximate surface area is 123 Å². The lowest BCUT2D eigenvalue weighted by Crippen LogP contribution is -2.32. The summed E-state index contributed by atoms with van der Waals surface area (Å²) in [7, 11) is 0. The summed E-state index contributed by atoms with van der Waals surface area (Å²) in [6.07, 6.45) is 0.781. The summed E-state index contributed by atoms with van der Waals surface area (Å²) in [6, 6.07) is 7.50. The molecule has 5 heteroatoms. The molecule has 21 heavy (non-hydrogen) atoms. The van der Waals surface area contributed by atoms with Gasteiger partial charge in [-0.05, 0) is 17.4 Å². The molecular weight excluding hydrogens is 266 g/mol. The van der Waals surface area contributed by atoms with E-state index in [9.17, 15) is 4.79 Å². The van der Waals surface area contributed by atoms with Crippen LogP contribution in [0.3, 0.4) is 0 Å². The number of fused-ring (bicyclic) bond motifs is 1. The normalized spacial score (nSPS) is 17.0. The van der Waals surface area contributed by atoms with Crippen LogP contribution >= 0.6 is 0 Å². The van der Waals surface area contributed by atoms with Crippen LogP contribution in [0.25, 0.3) is 11.4 Å². The van der Waals surface area contributed by atoms with Crippen LogP contribution in [0.1, 0.15) is 35.6 Å². The largest absolute Gasteiger partial charge is 0.392 e. The Morgan fingerprint density at radius 3 is 2.67 bits per heavy atom. The molecule has 3 N–H and O–H groups in total. The number of amides is 1. The number of rotatable bonds is 2. The highest BCUT2D eigenvalue weighted by molar-refractivity contribution is 5.94. The Morgan fingerprint density at radius 2 is 2.00 bits per heavy atom. The van der Waals surface area contributed by atoms with E-state index in [1.54, 1.807) is 0 Å². The van der Waals surface area contributed by atoms with Crippen molar-refractivity contribution >= 4 is 5.91 Å². The molecule has 1 aromatic carbocycles. The van der Waals surface area contributed by atoms with Crippen LogP contribution in [0, 0.1) is 5.41 Å². The number of aromatic nitrogens is 2. The second-order valence-corrected chi connectivity index (χ2v) is 6.29. The summed E-state index contributed by atoms with van der Waals surface area (Å²) in [5.41, 5.74) is 3.14. The lowest BCUT2D eigenvalue weighted by molar-refractivity contribution is 0.0940. The lowest BCUT2D eigenvalue weighted by atomic mass is 9.88. The number of hydrogen-bond acceptors (Lipinski definition) is 3. The Balaban J connectivity index is 1.99. The van der Waals surface area contributed by atoms with Gasteiger partial charge in [0.2, 0.25) is 0 Å². The summed E-state index contributed by atoms with van der Waals surface area (Å²) in [4.78, 5) is 19.8. The first-order valence-corrected chi connectivity index (χ1v) is 7.06. The van der Waals surface area contributed by atoms with Crippen molar-refractivity contribution in [2.75, 3.05) is 6.54 Å². The number of hydrogen-bond donors (Lipinski definition) is 3.